The molecule has 1 unspecified atom stereocenters. The summed E-state index contributed by atoms with van der Waals surface area (Å²) in [6, 6.07) is 24.2. The first-order chi connectivity index (χ1) is 14.1. The molecule has 0 saturated heterocycles. The Labute approximate surface area is 171 Å². The summed E-state index contributed by atoms with van der Waals surface area (Å²) >= 11 is 0. The molecule has 148 valence electrons. The van der Waals surface area contributed by atoms with Crippen LogP contribution in [0.2, 0.25) is 0 Å². The molecule has 4 nitrogen and oxygen atoms in total. The van der Waals surface area contributed by atoms with Crippen molar-refractivity contribution in [2.45, 2.75) is 33.4 Å². The van der Waals surface area contributed by atoms with Crippen molar-refractivity contribution in [1.29, 1.82) is 0 Å². The first-order valence-corrected chi connectivity index (χ1v) is 9.99. The van der Waals surface area contributed by atoms with E-state index in [0.29, 0.717) is 13.2 Å². The van der Waals surface area contributed by atoms with E-state index in [2.05, 4.69) is 36.6 Å². The maximum Gasteiger partial charge on any atom is 0.153 e. The Bertz CT molecular complexity index is 1100. The zero-order chi connectivity index (χ0) is 20.2. The molecular weight excluding hydrogens is 360 g/mol. The fourth-order valence-electron chi connectivity index (χ4n) is 3.45. The van der Waals surface area contributed by atoms with E-state index in [-0.39, 0.29) is 6.10 Å². The van der Waals surface area contributed by atoms with Gasteiger partial charge in [-0.1, -0.05) is 36.4 Å². The van der Waals surface area contributed by atoms with E-state index in [9.17, 15) is 0 Å². The van der Waals surface area contributed by atoms with E-state index >= 15 is 0 Å². The molecule has 0 amide bonds. The Balaban J connectivity index is 1.55. The average Bonchev–Trinajstić information content (AvgIpc) is 3.10. The smallest absolute Gasteiger partial charge is 0.153 e. The minimum Gasteiger partial charge on any atom is -0.492 e. The van der Waals surface area contributed by atoms with Crippen molar-refractivity contribution in [3.63, 3.8) is 0 Å². The molecular formula is C25H26N2O2. The Kier molecular flexibility index (Phi) is 5.52. The topological polar surface area (TPSA) is 36.3 Å². The number of rotatable bonds is 7. The number of aryl methyl sites for hydroxylation is 2. The number of imidazole rings is 1. The van der Waals surface area contributed by atoms with Crippen molar-refractivity contribution in [3.8, 4) is 11.5 Å². The van der Waals surface area contributed by atoms with Crippen molar-refractivity contribution >= 4 is 11.0 Å². The molecule has 0 aliphatic heterocycles. The first-order valence-electron chi connectivity index (χ1n) is 9.99. The van der Waals surface area contributed by atoms with Gasteiger partial charge in [-0.25, -0.2) is 4.98 Å². The quantitative estimate of drug-likeness (QED) is 0.398. The average molecular weight is 386 g/mol. The number of fused-ring (bicyclic) bond motifs is 1. The minimum atomic E-state index is -0.175. The molecule has 0 aliphatic rings. The minimum absolute atomic E-state index is 0.175. The lowest BCUT2D eigenvalue weighted by molar-refractivity contribution is 0.207. The molecule has 29 heavy (non-hydrogen) atoms. The molecule has 4 aromatic rings. The molecule has 0 N–H and O–H groups in total. The lowest BCUT2D eigenvalue weighted by Gasteiger charge is -2.17. The lowest BCUT2D eigenvalue weighted by Crippen LogP contribution is -2.15. The summed E-state index contributed by atoms with van der Waals surface area (Å²) in [5.74, 6) is 2.64. The Hall–Kier alpha value is -3.27. The van der Waals surface area contributed by atoms with Crippen LogP contribution in [0.3, 0.4) is 0 Å². The van der Waals surface area contributed by atoms with Crippen LogP contribution in [-0.2, 0) is 6.54 Å². The van der Waals surface area contributed by atoms with Crippen molar-refractivity contribution in [1.82, 2.24) is 9.55 Å². The summed E-state index contributed by atoms with van der Waals surface area (Å²) in [5.41, 5.74) is 4.57. The summed E-state index contributed by atoms with van der Waals surface area (Å²) in [4.78, 5) is 4.84. The molecule has 1 atom stereocenters. The van der Waals surface area contributed by atoms with Crippen LogP contribution in [-0.4, -0.2) is 16.2 Å². The van der Waals surface area contributed by atoms with Crippen LogP contribution in [0.15, 0.2) is 72.8 Å². The van der Waals surface area contributed by atoms with Crippen LogP contribution in [0.1, 0.15) is 30.0 Å². The highest BCUT2D eigenvalue weighted by atomic mass is 16.5. The van der Waals surface area contributed by atoms with Gasteiger partial charge in [0, 0.05) is 0 Å². The summed E-state index contributed by atoms with van der Waals surface area (Å²) in [6.45, 7) is 7.51. The zero-order valence-electron chi connectivity index (χ0n) is 17.1. The van der Waals surface area contributed by atoms with Gasteiger partial charge in [0.15, 0.2) is 11.9 Å². The SMILES string of the molecule is Cc1ccc(OCCn2c(C(C)Oc3ccccc3)nc3ccccc32)cc1C. The highest BCUT2D eigenvalue weighted by Gasteiger charge is 2.18. The number of para-hydroxylation sites is 3. The van der Waals surface area contributed by atoms with Crippen LogP contribution in [0.25, 0.3) is 11.0 Å². The fourth-order valence-corrected chi connectivity index (χ4v) is 3.45. The third kappa shape index (κ3) is 4.27. The van der Waals surface area contributed by atoms with E-state index in [1.165, 1.54) is 11.1 Å². The summed E-state index contributed by atoms with van der Waals surface area (Å²) in [6.07, 6.45) is -0.175. The molecule has 0 fully saturated rings. The Morgan fingerprint density at radius 2 is 1.62 bits per heavy atom. The predicted molar refractivity (Wildman–Crippen MR) is 117 cm³/mol. The lowest BCUT2D eigenvalue weighted by atomic mass is 10.1. The van der Waals surface area contributed by atoms with E-state index in [1.807, 2.05) is 61.5 Å². The highest BCUT2D eigenvalue weighted by Crippen LogP contribution is 2.25. The van der Waals surface area contributed by atoms with Gasteiger partial charge in [-0.05, 0) is 68.3 Å². The van der Waals surface area contributed by atoms with Gasteiger partial charge >= 0.3 is 0 Å². The predicted octanol–water partition coefficient (Wildman–Crippen LogP) is 5.87. The van der Waals surface area contributed by atoms with Crippen molar-refractivity contribution in [2.24, 2.45) is 0 Å². The molecule has 4 rings (SSSR count). The van der Waals surface area contributed by atoms with Crippen LogP contribution in [0.5, 0.6) is 11.5 Å². The van der Waals surface area contributed by atoms with Gasteiger partial charge in [0.25, 0.3) is 0 Å². The summed E-state index contributed by atoms with van der Waals surface area (Å²) < 4.78 is 14.4. The number of hydrogen-bond acceptors (Lipinski definition) is 3. The van der Waals surface area contributed by atoms with Crippen LogP contribution in [0, 0.1) is 13.8 Å². The number of nitrogens with zero attached hydrogens (tertiary/aromatic N) is 2. The standard InChI is InChI=1S/C25H26N2O2/c1-18-13-14-22(17-19(18)2)28-16-15-27-24-12-8-7-11-23(24)26-25(27)20(3)29-21-9-5-4-6-10-21/h4-14,17,20H,15-16H2,1-3H3. The molecule has 0 saturated carbocycles. The second-order valence-electron chi connectivity index (χ2n) is 7.28. The second-order valence-corrected chi connectivity index (χ2v) is 7.28. The maximum atomic E-state index is 6.14. The van der Waals surface area contributed by atoms with Crippen molar-refractivity contribution < 1.29 is 9.47 Å². The summed E-state index contributed by atoms with van der Waals surface area (Å²) in [7, 11) is 0. The van der Waals surface area contributed by atoms with Crippen LogP contribution in [0.4, 0.5) is 0 Å². The fraction of sp³-hybridized carbons (Fsp3) is 0.240. The van der Waals surface area contributed by atoms with Crippen molar-refractivity contribution in [2.75, 3.05) is 6.61 Å². The molecule has 1 heterocycles. The first kappa shape index (κ1) is 19.1. The summed E-state index contributed by atoms with van der Waals surface area (Å²) in [5, 5.41) is 0. The number of aromatic nitrogens is 2. The van der Waals surface area contributed by atoms with Crippen LogP contribution >= 0.6 is 0 Å². The van der Waals surface area contributed by atoms with E-state index in [0.717, 1.165) is 28.4 Å². The molecule has 0 spiro atoms. The largest absolute Gasteiger partial charge is 0.492 e. The third-order valence-electron chi connectivity index (χ3n) is 5.17. The molecule has 1 aromatic heterocycles. The monoisotopic (exact) mass is 386 g/mol. The van der Waals surface area contributed by atoms with E-state index in [1.54, 1.807) is 0 Å². The van der Waals surface area contributed by atoms with Crippen LogP contribution < -0.4 is 9.47 Å². The molecule has 0 bridgehead atoms. The Morgan fingerprint density at radius 1 is 0.862 bits per heavy atom. The van der Waals surface area contributed by atoms with E-state index in [4.69, 9.17) is 14.5 Å². The molecule has 3 aromatic carbocycles. The number of ether oxygens (including phenoxy) is 2. The second kappa shape index (κ2) is 8.39. The van der Waals surface area contributed by atoms with Crippen molar-refractivity contribution in [3.05, 3.63) is 89.7 Å². The van der Waals surface area contributed by atoms with Gasteiger partial charge in [-0.15, -0.1) is 0 Å². The normalized spacial score (nSPS) is 12.1. The molecule has 0 radical (unpaired) electrons. The highest BCUT2D eigenvalue weighted by molar-refractivity contribution is 5.76. The molecule has 4 heteroatoms. The van der Waals surface area contributed by atoms with Gasteiger partial charge in [0.05, 0.1) is 17.6 Å². The number of benzene rings is 3. The van der Waals surface area contributed by atoms with E-state index < -0.39 is 0 Å². The van der Waals surface area contributed by atoms with Gasteiger partial charge in [-0.2, -0.15) is 0 Å². The number of hydrogen-bond donors (Lipinski definition) is 0. The third-order valence-corrected chi connectivity index (χ3v) is 5.17. The van der Waals surface area contributed by atoms with Gasteiger partial charge in [0.2, 0.25) is 0 Å². The van der Waals surface area contributed by atoms with Gasteiger partial charge in [0.1, 0.15) is 18.1 Å². The maximum absolute atomic E-state index is 6.14. The molecule has 0 aliphatic carbocycles. The zero-order valence-corrected chi connectivity index (χ0v) is 17.1. The van der Waals surface area contributed by atoms with Gasteiger partial charge < -0.3 is 14.0 Å². The Morgan fingerprint density at radius 3 is 2.41 bits per heavy atom. The van der Waals surface area contributed by atoms with Gasteiger partial charge in [-0.3, -0.25) is 0 Å².